The highest BCUT2D eigenvalue weighted by Crippen LogP contribution is 2.32. The highest BCUT2D eigenvalue weighted by Gasteiger charge is 2.40. The lowest BCUT2D eigenvalue weighted by Gasteiger charge is -2.39. The Bertz CT molecular complexity index is 394. The molecule has 1 aliphatic heterocycles. The molecule has 1 N–H and O–H groups in total. The normalized spacial score (nSPS) is 23.3. The molecule has 0 aliphatic carbocycles. The molecule has 2 rings (SSSR count). The van der Waals surface area contributed by atoms with Crippen LogP contribution in [0.15, 0.2) is 22.8 Å². The van der Waals surface area contributed by atoms with E-state index in [1.807, 2.05) is 24.0 Å². The lowest BCUT2D eigenvalue weighted by atomic mass is 9.77. The highest BCUT2D eigenvalue weighted by atomic mass is 16.3. The van der Waals surface area contributed by atoms with Crippen LogP contribution in [0.5, 0.6) is 0 Å². The number of amides is 1. The summed E-state index contributed by atoms with van der Waals surface area (Å²) in [6.45, 7) is 7.27. The third-order valence-electron chi connectivity index (χ3n) is 4.20. The highest BCUT2D eigenvalue weighted by molar-refractivity contribution is 5.83. The van der Waals surface area contributed by atoms with Crippen LogP contribution in [0.3, 0.4) is 0 Å². The van der Waals surface area contributed by atoms with Gasteiger partial charge in [-0.1, -0.05) is 6.92 Å². The number of furan rings is 1. The van der Waals surface area contributed by atoms with Crippen molar-refractivity contribution in [1.82, 2.24) is 10.2 Å². The first-order chi connectivity index (χ1) is 9.22. The molecule has 2 heterocycles. The van der Waals surface area contributed by atoms with Crippen LogP contribution in [0.1, 0.15) is 38.9 Å². The average Bonchev–Trinajstić information content (AvgIpc) is 2.97. The number of nitrogens with one attached hydrogen (secondary N) is 1. The molecule has 0 aromatic carbocycles. The first-order valence-electron chi connectivity index (χ1n) is 7.24. The summed E-state index contributed by atoms with van der Waals surface area (Å²) in [7, 11) is 0. The van der Waals surface area contributed by atoms with E-state index in [2.05, 4.69) is 12.2 Å². The van der Waals surface area contributed by atoms with Gasteiger partial charge in [0, 0.05) is 13.1 Å². The van der Waals surface area contributed by atoms with Gasteiger partial charge in [0.15, 0.2) is 0 Å². The van der Waals surface area contributed by atoms with Gasteiger partial charge in [-0.3, -0.25) is 4.79 Å². The molecule has 1 aromatic heterocycles. The fourth-order valence-corrected chi connectivity index (χ4v) is 2.86. The van der Waals surface area contributed by atoms with E-state index in [-0.39, 0.29) is 11.3 Å². The van der Waals surface area contributed by atoms with E-state index in [0.717, 1.165) is 44.7 Å². The van der Waals surface area contributed by atoms with Crippen LogP contribution in [0.2, 0.25) is 0 Å². The first kappa shape index (κ1) is 14.1. The summed E-state index contributed by atoms with van der Waals surface area (Å²) in [6, 6.07) is 3.79. The lowest BCUT2D eigenvalue weighted by molar-refractivity contribution is -0.144. The zero-order valence-corrected chi connectivity index (χ0v) is 11.9. The zero-order valence-electron chi connectivity index (χ0n) is 11.9. The Labute approximate surface area is 115 Å². The van der Waals surface area contributed by atoms with Crippen molar-refractivity contribution in [2.45, 2.75) is 39.7 Å². The van der Waals surface area contributed by atoms with Crippen molar-refractivity contribution in [1.29, 1.82) is 0 Å². The van der Waals surface area contributed by atoms with Gasteiger partial charge in [0.05, 0.1) is 18.2 Å². The van der Waals surface area contributed by atoms with E-state index in [9.17, 15) is 4.79 Å². The van der Waals surface area contributed by atoms with Crippen molar-refractivity contribution in [3.05, 3.63) is 24.2 Å². The number of carbonyl (C=O) groups excluding carboxylic acids is 1. The fourth-order valence-electron chi connectivity index (χ4n) is 2.86. The second kappa shape index (κ2) is 6.24. The molecule has 0 radical (unpaired) electrons. The van der Waals surface area contributed by atoms with Gasteiger partial charge in [-0.2, -0.15) is 0 Å². The van der Waals surface area contributed by atoms with E-state index in [1.165, 1.54) is 0 Å². The summed E-state index contributed by atoms with van der Waals surface area (Å²) in [4.78, 5) is 14.8. The molecular weight excluding hydrogens is 240 g/mol. The Kier molecular flexibility index (Phi) is 4.64. The fraction of sp³-hybridized carbons (Fsp3) is 0.667. The van der Waals surface area contributed by atoms with Crippen LogP contribution in [-0.2, 0) is 11.3 Å². The maximum absolute atomic E-state index is 12.9. The largest absolute Gasteiger partial charge is 0.467 e. The Morgan fingerprint density at radius 3 is 2.89 bits per heavy atom. The molecule has 1 fully saturated rings. The maximum atomic E-state index is 12.9. The molecule has 19 heavy (non-hydrogen) atoms. The van der Waals surface area contributed by atoms with Gasteiger partial charge in [-0.05, 0) is 44.9 Å². The molecule has 0 bridgehead atoms. The minimum absolute atomic E-state index is 0.221. The second-order valence-electron chi connectivity index (χ2n) is 5.31. The van der Waals surface area contributed by atoms with E-state index < -0.39 is 0 Å². The van der Waals surface area contributed by atoms with Crippen LogP contribution in [0, 0.1) is 5.41 Å². The van der Waals surface area contributed by atoms with E-state index in [4.69, 9.17) is 4.42 Å². The van der Waals surface area contributed by atoms with Gasteiger partial charge in [0.2, 0.25) is 5.91 Å². The smallest absolute Gasteiger partial charge is 0.230 e. The minimum Gasteiger partial charge on any atom is -0.467 e. The van der Waals surface area contributed by atoms with E-state index >= 15 is 0 Å². The van der Waals surface area contributed by atoms with Gasteiger partial charge >= 0.3 is 0 Å². The molecule has 1 amide bonds. The molecule has 1 aromatic rings. The molecule has 1 aliphatic rings. The van der Waals surface area contributed by atoms with Gasteiger partial charge in [0.1, 0.15) is 5.76 Å². The predicted molar refractivity (Wildman–Crippen MR) is 74.6 cm³/mol. The number of nitrogens with zero attached hydrogens (tertiary/aromatic N) is 1. The third kappa shape index (κ3) is 3.00. The van der Waals surface area contributed by atoms with E-state index in [0.29, 0.717) is 6.54 Å². The quantitative estimate of drug-likeness (QED) is 0.888. The monoisotopic (exact) mass is 264 g/mol. The molecule has 0 spiro atoms. The average molecular weight is 264 g/mol. The minimum atomic E-state index is -0.221. The van der Waals surface area contributed by atoms with Gasteiger partial charge < -0.3 is 14.6 Å². The van der Waals surface area contributed by atoms with Crippen LogP contribution in [-0.4, -0.2) is 30.4 Å². The zero-order chi connectivity index (χ0) is 13.7. The predicted octanol–water partition coefficient (Wildman–Crippen LogP) is 2.41. The van der Waals surface area contributed by atoms with Crippen molar-refractivity contribution in [2.75, 3.05) is 19.6 Å². The number of hydrogen-bond donors (Lipinski definition) is 1. The van der Waals surface area contributed by atoms with Crippen LogP contribution >= 0.6 is 0 Å². The molecule has 4 nitrogen and oxygen atoms in total. The van der Waals surface area contributed by atoms with Crippen molar-refractivity contribution in [3.8, 4) is 0 Å². The molecule has 1 saturated heterocycles. The molecule has 1 atom stereocenters. The number of carbonyl (C=O) groups is 1. The Morgan fingerprint density at radius 2 is 2.37 bits per heavy atom. The molecule has 0 saturated carbocycles. The van der Waals surface area contributed by atoms with Gasteiger partial charge in [-0.25, -0.2) is 0 Å². The molecule has 4 heteroatoms. The Balaban J connectivity index is 2.10. The van der Waals surface area contributed by atoms with Crippen LogP contribution in [0.4, 0.5) is 0 Å². The molecular formula is C15H24N2O2. The SMILES string of the molecule is CCN(Cc1ccco1)C(=O)C1(CC)CCCNC1. The van der Waals surface area contributed by atoms with Gasteiger partial charge in [0.25, 0.3) is 0 Å². The number of rotatable bonds is 5. The maximum Gasteiger partial charge on any atom is 0.230 e. The van der Waals surface area contributed by atoms with Crippen LogP contribution in [0.25, 0.3) is 0 Å². The number of hydrogen-bond acceptors (Lipinski definition) is 3. The van der Waals surface area contributed by atoms with E-state index in [1.54, 1.807) is 6.26 Å². The third-order valence-corrected chi connectivity index (χ3v) is 4.20. The second-order valence-corrected chi connectivity index (χ2v) is 5.31. The summed E-state index contributed by atoms with van der Waals surface area (Å²) >= 11 is 0. The van der Waals surface area contributed by atoms with Crippen molar-refractivity contribution in [2.24, 2.45) is 5.41 Å². The van der Waals surface area contributed by atoms with Crippen molar-refractivity contribution >= 4 is 5.91 Å². The Morgan fingerprint density at radius 1 is 1.53 bits per heavy atom. The molecule has 106 valence electrons. The molecule has 1 unspecified atom stereocenters. The summed E-state index contributed by atoms with van der Waals surface area (Å²) in [5, 5.41) is 3.37. The topological polar surface area (TPSA) is 45.5 Å². The summed E-state index contributed by atoms with van der Waals surface area (Å²) in [6.07, 6.45) is 4.63. The summed E-state index contributed by atoms with van der Waals surface area (Å²) < 4.78 is 5.36. The Hall–Kier alpha value is -1.29. The van der Waals surface area contributed by atoms with Crippen molar-refractivity contribution < 1.29 is 9.21 Å². The number of piperidine rings is 1. The van der Waals surface area contributed by atoms with Crippen molar-refractivity contribution in [3.63, 3.8) is 0 Å². The summed E-state index contributed by atoms with van der Waals surface area (Å²) in [5.41, 5.74) is -0.221. The first-order valence-corrected chi connectivity index (χ1v) is 7.24. The van der Waals surface area contributed by atoms with Crippen LogP contribution < -0.4 is 5.32 Å². The lowest BCUT2D eigenvalue weighted by Crippen LogP contribution is -2.51. The summed E-state index contributed by atoms with van der Waals surface area (Å²) in [5.74, 6) is 1.12. The van der Waals surface area contributed by atoms with Gasteiger partial charge in [-0.15, -0.1) is 0 Å². The standard InChI is InChI=1S/C15H24N2O2/c1-3-15(8-6-9-16-12-15)14(18)17(4-2)11-13-7-5-10-19-13/h5,7,10,16H,3-4,6,8-9,11-12H2,1-2H3.